The van der Waals surface area contributed by atoms with E-state index in [9.17, 15) is 19.2 Å². The largest absolute Gasteiger partial charge is 0.388 e. The summed E-state index contributed by atoms with van der Waals surface area (Å²) < 4.78 is 14.5. The average molecular weight is 499 g/mol. The molecule has 3 unspecified atom stereocenters. The van der Waals surface area contributed by atoms with Gasteiger partial charge in [-0.2, -0.15) is 0 Å². The lowest BCUT2D eigenvalue weighted by atomic mass is 9.93. The standard InChI is InChI=1S/C21H32N4O7.C2H6O/c1-12(2)8-15(18(27)21(4)11-31-21)23-17(26)9-22-19(28)16(10-30-5)24-20(29)14-7-6-13(3)32-25-14;1-3-2/h6-7,12-13,15-16H,8-11H2,1-5H3,(H,22,28)(H,23,26)(H,24,29);1-2H3/t13?,15?,16-,21?;/m0./s1. The molecule has 0 aromatic heterocycles. The van der Waals surface area contributed by atoms with Crippen molar-refractivity contribution in [1.29, 1.82) is 0 Å². The van der Waals surface area contributed by atoms with E-state index in [1.165, 1.54) is 13.2 Å². The number of amides is 3. The zero-order chi connectivity index (χ0) is 26.6. The minimum absolute atomic E-state index is 0.0144. The number of carbonyl (C=O) groups is 4. The van der Waals surface area contributed by atoms with Crippen molar-refractivity contribution >= 4 is 29.2 Å². The van der Waals surface area contributed by atoms with Crippen LogP contribution in [-0.2, 0) is 38.2 Å². The summed E-state index contributed by atoms with van der Waals surface area (Å²) in [5.74, 6) is -1.77. The van der Waals surface area contributed by atoms with E-state index < -0.39 is 35.4 Å². The predicted octanol–water partition coefficient (Wildman–Crippen LogP) is -0.284. The number of methoxy groups -OCH3 is 2. The van der Waals surface area contributed by atoms with Crippen LogP contribution in [0.5, 0.6) is 0 Å². The minimum Gasteiger partial charge on any atom is -0.388 e. The van der Waals surface area contributed by atoms with Crippen molar-refractivity contribution < 1.29 is 38.2 Å². The van der Waals surface area contributed by atoms with Gasteiger partial charge in [-0.05, 0) is 38.3 Å². The Morgan fingerprint density at radius 2 is 1.80 bits per heavy atom. The Balaban J connectivity index is 0.00000194. The smallest absolute Gasteiger partial charge is 0.274 e. The van der Waals surface area contributed by atoms with E-state index in [2.05, 4.69) is 25.8 Å². The Hall–Kier alpha value is -2.83. The van der Waals surface area contributed by atoms with Crippen molar-refractivity contribution in [3.8, 4) is 0 Å². The SMILES string of the molecule is COC.COC[C@H](NC(=O)C1=NOC(C)C=C1)C(=O)NCC(=O)NC(CC(C)C)C(=O)C1(C)CO1. The maximum Gasteiger partial charge on any atom is 0.274 e. The number of nitrogens with zero attached hydrogens (tertiary/aromatic N) is 1. The van der Waals surface area contributed by atoms with Crippen molar-refractivity contribution in [2.45, 2.75) is 57.9 Å². The van der Waals surface area contributed by atoms with Crippen LogP contribution in [0.1, 0.15) is 34.1 Å². The highest BCUT2D eigenvalue weighted by atomic mass is 16.6. The number of carbonyl (C=O) groups excluding carboxylic acids is 4. The molecule has 0 aromatic rings. The first kappa shape index (κ1) is 30.2. The summed E-state index contributed by atoms with van der Waals surface area (Å²) in [6, 6.07) is -1.76. The van der Waals surface area contributed by atoms with Gasteiger partial charge in [-0.15, -0.1) is 0 Å². The zero-order valence-electron chi connectivity index (χ0n) is 21.5. The lowest BCUT2D eigenvalue weighted by Gasteiger charge is -2.22. The molecule has 0 saturated carbocycles. The first-order valence-corrected chi connectivity index (χ1v) is 11.3. The highest BCUT2D eigenvalue weighted by Gasteiger charge is 2.50. The highest BCUT2D eigenvalue weighted by molar-refractivity contribution is 6.43. The van der Waals surface area contributed by atoms with Crippen LogP contribution in [0.25, 0.3) is 0 Å². The molecule has 2 aliphatic rings. The third-order valence-corrected chi connectivity index (χ3v) is 4.91. The summed E-state index contributed by atoms with van der Waals surface area (Å²) in [4.78, 5) is 54.8. The second-order valence-corrected chi connectivity index (χ2v) is 8.89. The molecule has 0 spiro atoms. The van der Waals surface area contributed by atoms with Gasteiger partial charge in [0.1, 0.15) is 17.7 Å². The molecule has 35 heavy (non-hydrogen) atoms. The molecule has 0 aliphatic carbocycles. The monoisotopic (exact) mass is 498 g/mol. The number of epoxide rings is 1. The van der Waals surface area contributed by atoms with Crippen LogP contribution >= 0.6 is 0 Å². The lowest BCUT2D eigenvalue weighted by molar-refractivity contribution is -0.132. The van der Waals surface area contributed by atoms with E-state index in [1.54, 1.807) is 34.1 Å². The van der Waals surface area contributed by atoms with Gasteiger partial charge in [-0.25, -0.2) is 0 Å². The predicted molar refractivity (Wildman–Crippen MR) is 128 cm³/mol. The fourth-order valence-corrected chi connectivity index (χ4v) is 2.99. The Morgan fingerprint density at radius 1 is 1.17 bits per heavy atom. The number of hydrogen-bond donors (Lipinski definition) is 3. The molecule has 2 heterocycles. The summed E-state index contributed by atoms with van der Waals surface area (Å²) in [5, 5.41) is 11.3. The fourth-order valence-electron chi connectivity index (χ4n) is 2.99. The Labute approximate surface area is 206 Å². The van der Waals surface area contributed by atoms with Gasteiger partial charge < -0.3 is 35.0 Å². The van der Waals surface area contributed by atoms with E-state index in [1.807, 2.05) is 13.8 Å². The molecule has 1 fully saturated rings. The van der Waals surface area contributed by atoms with Crippen LogP contribution in [0, 0.1) is 5.92 Å². The second kappa shape index (κ2) is 14.5. The van der Waals surface area contributed by atoms with Gasteiger partial charge >= 0.3 is 0 Å². The third kappa shape index (κ3) is 10.5. The summed E-state index contributed by atoms with van der Waals surface area (Å²) in [6.45, 7) is 7.19. The van der Waals surface area contributed by atoms with Gasteiger partial charge in [0, 0.05) is 21.3 Å². The van der Waals surface area contributed by atoms with Crippen LogP contribution in [0.3, 0.4) is 0 Å². The Kier molecular flexibility index (Phi) is 12.5. The van der Waals surface area contributed by atoms with Crippen molar-refractivity contribution in [3.05, 3.63) is 12.2 Å². The van der Waals surface area contributed by atoms with Gasteiger partial charge in [-0.1, -0.05) is 19.0 Å². The van der Waals surface area contributed by atoms with Gasteiger partial charge in [-0.3, -0.25) is 19.2 Å². The molecule has 2 rings (SSSR count). The molecule has 0 radical (unpaired) electrons. The van der Waals surface area contributed by atoms with E-state index >= 15 is 0 Å². The van der Waals surface area contributed by atoms with Crippen molar-refractivity contribution in [2.24, 2.45) is 11.1 Å². The maximum absolute atomic E-state index is 12.6. The number of ether oxygens (including phenoxy) is 3. The molecule has 198 valence electrons. The molecule has 0 aromatic carbocycles. The average Bonchev–Trinajstić information content (AvgIpc) is 3.55. The van der Waals surface area contributed by atoms with E-state index in [-0.39, 0.29) is 36.7 Å². The Morgan fingerprint density at radius 3 is 2.29 bits per heavy atom. The minimum atomic E-state index is -1.05. The number of oxime groups is 1. The number of ketones is 1. The summed E-state index contributed by atoms with van der Waals surface area (Å²) in [7, 11) is 4.63. The molecule has 12 nitrogen and oxygen atoms in total. The van der Waals surface area contributed by atoms with Gasteiger partial charge in [0.2, 0.25) is 11.8 Å². The van der Waals surface area contributed by atoms with Gasteiger partial charge in [0.05, 0.1) is 25.8 Å². The number of Topliss-reactive ketones (excluding diaryl/α,β-unsaturated/α-hetero) is 1. The summed E-state index contributed by atoms with van der Waals surface area (Å²) >= 11 is 0. The van der Waals surface area contributed by atoms with E-state index in [0.29, 0.717) is 13.0 Å². The Bertz CT molecular complexity index is 807. The maximum atomic E-state index is 12.6. The highest BCUT2D eigenvalue weighted by Crippen LogP contribution is 2.29. The lowest BCUT2D eigenvalue weighted by Crippen LogP contribution is -2.54. The fraction of sp³-hybridized carbons (Fsp3) is 0.696. The van der Waals surface area contributed by atoms with Crippen LogP contribution in [-0.4, -0.2) is 94.1 Å². The molecule has 0 bridgehead atoms. The van der Waals surface area contributed by atoms with E-state index in [4.69, 9.17) is 14.3 Å². The number of hydrogen-bond acceptors (Lipinski definition) is 9. The van der Waals surface area contributed by atoms with Crippen molar-refractivity contribution in [2.75, 3.05) is 41.1 Å². The third-order valence-electron chi connectivity index (χ3n) is 4.91. The van der Waals surface area contributed by atoms with Crippen molar-refractivity contribution in [3.63, 3.8) is 0 Å². The number of rotatable bonds is 12. The molecular formula is C23H38N4O8. The summed E-state index contributed by atoms with van der Waals surface area (Å²) in [6.07, 6.45) is 3.35. The molecular weight excluding hydrogens is 460 g/mol. The molecule has 12 heteroatoms. The van der Waals surface area contributed by atoms with E-state index in [0.717, 1.165) is 0 Å². The van der Waals surface area contributed by atoms with Crippen LogP contribution in [0.15, 0.2) is 17.3 Å². The molecule has 3 amide bonds. The molecule has 1 saturated heterocycles. The summed E-state index contributed by atoms with van der Waals surface area (Å²) in [5.41, 5.74) is -0.845. The first-order chi connectivity index (χ1) is 16.5. The second-order valence-electron chi connectivity index (χ2n) is 8.89. The number of nitrogens with one attached hydrogen (secondary N) is 3. The zero-order valence-corrected chi connectivity index (χ0v) is 21.5. The van der Waals surface area contributed by atoms with Gasteiger partial charge in [0.15, 0.2) is 11.5 Å². The molecule has 3 N–H and O–H groups in total. The topological polar surface area (TPSA) is 157 Å². The molecule has 4 atom stereocenters. The van der Waals surface area contributed by atoms with Crippen LogP contribution in [0.2, 0.25) is 0 Å². The normalized spacial score (nSPS) is 21.9. The molecule has 2 aliphatic heterocycles. The van der Waals surface area contributed by atoms with Crippen molar-refractivity contribution in [1.82, 2.24) is 16.0 Å². The van der Waals surface area contributed by atoms with Crippen LogP contribution in [0.4, 0.5) is 0 Å². The first-order valence-electron chi connectivity index (χ1n) is 11.3. The van der Waals surface area contributed by atoms with Crippen LogP contribution < -0.4 is 16.0 Å². The van der Waals surface area contributed by atoms with Gasteiger partial charge in [0.25, 0.3) is 5.91 Å². The quantitative estimate of drug-likeness (QED) is 0.310.